The molecule has 6 heteroatoms. The maximum Gasteiger partial charge on any atom is 0.341 e. The number of carbonyl (C=O) groups excluding carboxylic acids is 1. The summed E-state index contributed by atoms with van der Waals surface area (Å²) in [6, 6.07) is 2.40. The van der Waals surface area contributed by atoms with Gasteiger partial charge in [0.1, 0.15) is 17.1 Å². The quantitative estimate of drug-likeness (QED) is 0.744. The van der Waals surface area contributed by atoms with E-state index in [4.69, 9.17) is 20.3 Å². The highest BCUT2D eigenvalue weighted by molar-refractivity contribution is 5.93. The number of carbonyl (C=O) groups is 1. The molecule has 0 bridgehead atoms. The van der Waals surface area contributed by atoms with Crippen molar-refractivity contribution >= 4 is 5.97 Å². The zero-order chi connectivity index (χ0) is 13.7. The van der Waals surface area contributed by atoms with Crippen molar-refractivity contribution in [2.75, 3.05) is 27.9 Å². The zero-order valence-electron chi connectivity index (χ0n) is 10.6. The van der Waals surface area contributed by atoms with Gasteiger partial charge in [0.2, 0.25) is 0 Å². The number of hydrogen-bond donors (Lipinski definition) is 2. The molecule has 1 aromatic rings. The summed E-state index contributed by atoms with van der Waals surface area (Å²) in [5, 5.41) is 9.09. The predicted molar refractivity (Wildman–Crippen MR) is 64.9 cm³/mol. The molecule has 0 aliphatic carbocycles. The number of esters is 1. The van der Waals surface area contributed by atoms with Gasteiger partial charge >= 0.3 is 5.97 Å². The van der Waals surface area contributed by atoms with E-state index < -0.39 is 12.0 Å². The van der Waals surface area contributed by atoms with Gasteiger partial charge in [-0.3, -0.25) is 0 Å². The van der Waals surface area contributed by atoms with Crippen molar-refractivity contribution in [1.82, 2.24) is 0 Å². The number of methoxy groups -OCH3 is 3. The molecule has 0 aromatic heterocycles. The third-order valence-corrected chi connectivity index (χ3v) is 2.55. The van der Waals surface area contributed by atoms with Crippen LogP contribution < -0.4 is 15.2 Å². The molecule has 0 spiro atoms. The number of aliphatic hydroxyl groups excluding tert-OH is 1. The first-order valence-electron chi connectivity index (χ1n) is 5.29. The molecule has 100 valence electrons. The van der Waals surface area contributed by atoms with Crippen LogP contribution in [0.2, 0.25) is 0 Å². The lowest BCUT2D eigenvalue weighted by atomic mass is 10.0. The molecule has 0 aliphatic rings. The van der Waals surface area contributed by atoms with Crippen molar-refractivity contribution in [2.45, 2.75) is 6.04 Å². The maximum atomic E-state index is 11.6. The van der Waals surface area contributed by atoms with Crippen LogP contribution in [-0.4, -0.2) is 39.0 Å². The molecule has 1 atom stereocenters. The molecule has 0 amide bonds. The molecule has 18 heavy (non-hydrogen) atoms. The third kappa shape index (κ3) is 2.72. The number of ether oxygens (including phenoxy) is 3. The van der Waals surface area contributed by atoms with Gasteiger partial charge in [-0.05, 0) is 6.07 Å². The van der Waals surface area contributed by atoms with Gasteiger partial charge in [0, 0.05) is 11.6 Å². The van der Waals surface area contributed by atoms with E-state index >= 15 is 0 Å². The first kappa shape index (κ1) is 14.3. The molecule has 1 aromatic carbocycles. The summed E-state index contributed by atoms with van der Waals surface area (Å²) in [4.78, 5) is 11.6. The smallest absolute Gasteiger partial charge is 0.341 e. The lowest BCUT2D eigenvalue weighted by Crippen LogP contribution is -2.17. The largest absolute Gasteiger partial charge is 0.496 e. The SMILES string of the molecule is COC(=O)c1cc([C@H](N)CO)c(OC)cc1OC. The van der Waals surface area contributed by atoms with E-state index in [0.29, 0.717) is 17.1 Å². The second kappa shape index (κ2) is 6.23. The van der Waals surface area contributed by atoms with Crippen molar-refractivity contribution in [3.8, 4) is 11.5 Å². The third-order valence-electron chi connectivity index (χ3n) is 2.55. The fraction of sp³-hybridized carbons (Fsp3) is 0.417. The van der Waals surface area contributed by atoms with E-state index in [9.17, 15) is 4.79 Å². The van der Waals surface area contributed by atoms with Gasteiger partial charge in [0.15, 0.2) is 0 Å². The van der Waals surface area contributed by atoms with Gasteiger partial charge in [-0.1, -0.05) is 0 Å². The second-order valence-electron chi connectivity index (χ2n) is 3.58. The minimum absolute atomic E-state index is 0.236. The minimum Gasteiger partial charge on any atom is -0.496 e. The van der Waals surface area contributed by atoms with E-state index in [-0.39, 0.29) is 12.2 Å². The summed E-state index contributed by atoms with van der Waals surface area (Å²) in [5.74, 6) is 0.231. The van der Waals surface area contributed by atoms with Crippen molar-refractivity contribution < 1.29 is 24.1 Å². The van der Waals surface area contributed by atoms with Crippen LogP contribution in [0, 0.1) is 0 Å². The predicted octanol–water partition coefficient (Wildman–Crippen LogP) is 0.483. The molecule has 6 nitrogen and oxygen atoms in total. The van der Waals surface area contributed by atoms with E-state index in [1.54, 1.807) is 0 Å². The van der Waals surface area contributed by atoms with Gasteiger partial charge in [0.05, 0.1) is 34.0 Å². The van der Waals surface area contributed by atoms with E-state index in [0.717, 1.165) is 0 Å². The van der Waals surface area contributed by atoms with Crippen LogP contribution in [0.15, 0.2) is 12.1 Å². The van der Waals surface area contributed by atoms with Gasteiger partial charge in [0.25, 0.3) is 0 Å². The summed E-state index contributed by atoms with van der Waals surface area (Å²) in [6.45, 7) is -0.261. The Morgan fingerprint density at radius 3 is 2.33 bits per heavy atom. The Morgan fingerprint density at radius 2 is 1.89 bits per heavy atom. The van der Waals surface area contributed by atoms with Crippen LogP contribution in [0.5, 0.6) is 11.5 Å². The normalized spacial score (nSPS) is 11.8. The Hall–Kier alpha value is -1.79. The number of benzene rings is 1. The monoisotopic (exact) mass is 255 g/mol. The molecule has 0 fully saturated rings. The maximum absolute atomic E-state index is 11.6. The lowest BCUT2D eigenvalue weighted by molar-refractivity contribution is 0.0596. The van der Waals surface area contributed by atoms with E-state index in [1.807, 2.05) is 0 Å². The summed E-state index contributed by atoms with van der Waals surface area (Å²) in [6.07, 6.45) is 0. The van der Waals surface area contributed by atoms with Crippen molar-refractivity contribution in [1.29, 1.82) is 0 Å². The average molecular weight is 255 g/mol. The molecule has 0 saturated carbocycles. The number of aliphatic hydroxyl groups is 1. The molecular formula is C12H17NO5. The fourth-order valence-corrected chi connectivity index (χ4v) is 1.58. The Bertz CT molecular complexity index is 433. The topological polar surface area (TPSA) is 91.0 Å². The van der Waals surface area contributed by atoms with E-state index in [2.05, 4.69) is 4.74 Å². The number of nitrogens with two attached hydrogens (primary N) is 1. The average Bonchev–Trinajstić information content (AvgIpc) is 2.43. The number of rotatable bonds is 5. The zero-order valence-corrected chi connectivity index (χ0v) is 10.6. The molecule has 1 rings (SSSR count). The molecular weight excluding hydrogens is 238 g/mol. The summed E-state index contributed by atoms with van der Waals surface area (Å²) in [7, 11) is 4.19. The van der Waals surface area contributed by atoms with Crippen molar-refractivity contribution in [3.63, 3.8) is 0 Å². The highest BCUT2D eigenvalue weighted by Crippen LogP contribution is 2.32. The van der Waals surface area contributed by atoms with Crippen molar-refractivity contribution in [3.05, 3.63) is 23.3 Å². The van der Waals surface area contributed by atoms with Gasteiger partial charge in [-0.25, -0.2) is 4.79 Å². The van der Waals surface area contributed by atoms with Crippen LogP contribution >= 0.6 is 0 Å². The molecule has 0 aliphatic heterocycles. The van der Waals surface area contributed by atoms with Gasteiger partial charge in [-0.15, -0.1) is 0 Å². The van der Waals surface area contributed by atoms with Crippen molar-refractivity contribution in [2.24, 2.45) is 5.73 Å². The van der Waals surface area contributed by atoms with Gasteiger partial charge < -0.3 is 25.1 Å². The van der Waals surface area contributed by atoms with Crippen LogP contribution in [0.4, 0.5) is 0 Å². The molecule has 0 radical (unpaired) electrons. The van der Waals surface area contributed by atoms with Crippen LogP contribution in [0.1, 0.15) is 22.0 Å². The molecule has 0 unspecified atom stereocenters. The van der Waals surface area contributed by atoms with Crippen LogP contribution in [0.25, 0.3) is 0 Å². The second-order valence-corrected chi connectivity index (χ2v) is 3.58. The van der Waals surface area contributed by atoms with Crippen LogP contribution in [-0.2, 0) is 4.74 Å². The Labute approximate surface area is 105 Å². The Morgan fingerprint density at radius 1 is 1.28 bits per heavy atom. The first-order valence-corrected chi connectivity index (χ1v) is 5.29. The number of hydrogen-bond acceptors (Lipinski definition) is 6. The van der Waals surface area contributed by atoms with E-state index in [1.165, 1.54) is 33.5 Å². The highest BCUT2D eigenvalue weighted by Gasteiger charge is 2.20. The fourth-order valence-electron chi connectivity index (χ4n) is 1.58. The molecule has 0 heterocycles. The standard InChI is InChI=1S/C12H17NO5/c1-16-10-5-11(17-2)8(12(15)18-3)4-7(10)9(13)6-14/h4-5,9,14H,6,13H2,1-3H3/t9-/m1/s1. The Kier molecular flexibility index (Phi) is 4.94. The van der Waals surface area contributed by atoms with Crippen LogP contribution in [0.3, 0.4) is 0 Å². The van der Waals surface area contributed by atoms with Gasteiger partial charge in [-0.2, -0.15) is 0 Å². The lowest BCUT2D eigenvalue weighted by Gasteiger charge is -2.17. The molecule has 0 saturated heterocycles. The summed E-state index contributed by atoms with van der Waals surface area (Å²) < 4.78 is 14.9. The summed E-state index contributed by atoms with van der Waals surface area (Å²) >= 11 is 0. The Balaban J connectivity index is 3.38. The highest BCUT2D eigenvalue weighted by atomic mass is 16.5. The summed E-state index contributed by atoms with van der Waals surface area (Å²) in [5.41, 5.74) is 6.50. The first-order chi connectivity index (χ1) is 8.58. The minimum atomic E-state index is -0.644. The molecule has 3 N–H and O–H groups in total.